The summed E-state index contributed by atoms with van der Waals surface area (Å²) < 4.78 is 0. The molecule has 2 nitrogen and oxygen atoms in total. The molecule has 1 aromatic carbocycles. The van der Waals surface area contributed by atoms with Gasteiger partial charge in [-0.3, -0.25) is 0 Å². The van der Waals surface area contributed by atoms with E-state index in [2.05, 4.69) is 9.97 Å². The third-order valence-electron chi connectivity index (χ3n) is 2.77. The lowest BCUT2D eigenvalue weighted by Crippen LogP contribution is -1.93. The molecule has 0 saturated carbocycles. The Morgan fingerprint density at radius 2 is 1.84 bits per heavy atom. The van der Waals surface area contributed by atoms with Gasteiger partial charge in [-0.1, -0.05) is 34.8 Å². The number of hydrogen-bond acceptors (Lipinski definition) is 3. The molecule has 6 heteroatoms. The summed E-state index contributed by atoms with van der Waals surface area (Å²) in [7, 11) is 0. The van der Waals surface area contributed by atoms with Crippen LogP contribution in [0.3, 0.4) is 0 Å². The zero-order valence-corrected chi connectivity index (χ0v) is 12.8. The Morgan fingerprint density at radius 3 is 2.53 bits per heavy atom. The van der Waals surface area contributed by atoms with Crippen LogP contribution in [-0.2, 0) is 0 Å². The molecule has 3 rings (SSSR count). The molecular formula is C13H7Cl3N2S. The van der Waals surface area contributed by atoms with E-state index in [1.807, 2.05) is 17.7 Å². The first-order valence-corrected chi connectivity index (χ1v) is 7.49. The Bertz CT molecular complexity index is 783. The summed E-state index contributed by atoms with van der Waals surface area (Å²) in [5.74, 6) is 0.584. The van der Waals surface area contributed by atoms with Crippen LogP contribution in [0.25, 0.3) is 22.3 Å². The zero-order valence-electron chi connectivity index (χ0n) is 9.75. The van der Waals surface area contributed by atoms with Crippen LogP contribution in [0.2, 0.25) is 15.2 Å². The molecule has 0 aliphatic heterocycles. The van der Waals surface area contributed by atoms with E-state index < -0.39 is 0 Å². The fourth-order valence-electron chi connectivity index (χ4n) is 1.83. The minimum atomic E-state index is 0.356. The average Bonchev–Trinajstić information content (AvgIpc) is 2.76. The minimum Gasteiger partial charge on any atom is -0.226 e. The standard InChI is InChI=1S/C13H7Cl3N2S/c1-6-4-19-5-9(6)13-17-11-8(12(16)18-13)2-7(14)3-10(11)15/h2-5H,1H3. The summed E-state index contributed by atoms with van der Waals surface area (Å²) in [5.41, 5.74) is 2.71. The zero-order chi connectivity index (χ0) is 13.6. The molecule has 0 atom stereocenters. The highest BCUT2D eigenvalue weighted by molar-refractivity contribution is 7.08. The fourth-order valence-corrected chi connectivity index (χ4v) is 3.42. The van der Waals surface area contributed by atoms with Gasteiger partial charge in [-0.25, -0.2) is 9.97 Å². The third kappa shape index (κ3) is 2.32. The number of nitrogens with zero attached hydrogens (tertiary/aromatic N) is 2. The monoisotopic (exact) mass is 328 g/mol. The van der Waals surface area contributed by atoms with Crippen LogP contribution in [-0.4, -0.2) is 9.97 Å². The van der Waals surface area contributed by atoms with Crippen LogP contribution in [0, 0.1) is 6.92 Å². The van der Waals surface area contributed by atoms with Crippen molar-refractivity contribution in [1.82, 2.24) is 9.97 Å². The lowest BCUT2D eigenvalue weighted by Gasteiger charge is -2.06. The van der Waals surface area contributed by atoms with Crippen molar-refractivity contribution in [2.24, 2.45) is 0 Å². The maximum atomic E-state index is 6.21. The van der Waals surface area contributed by atoms with Crippen LogP contribution in [0.1, 0.15) is 5.56 Å². The predicted molar refractivity (Wildman–Crippen MR) is 82.6 cm³/mol. The van der Waals surface area contributed by atoms with Crippen molar-refractivity contribution in [2.45, 2.75) is 6.92 Å². The molecule has 0 unspecified atom stereocenters. The molecule has 0 bridgehead atoms. The first-order chi connectivity index (χ1) is 9.06. The number of benzene rings is 1. The van der Waals surface area contributed by atoms with Gasteiger partial charge in [0.25, 0.3) is 0 Å². The molecule has 0 N–H and O–H groups in total. The van der Waals surface area contributed by atoms with Gasteiger partial charge in [0.2, 0.25) is 0 Å². The third-order valence-corrected chi connectivity index (χ3v) is 4.42. The summed E-state index contributed by atoms with van der Waals surface area (Å²) in [5, 5.41) is 6.05. The Morgan fingerprint density at radius 1 is 1.05 bits per heavy atom. The van der Waals surface area contributed by atoms with Crippen LogP contribution in [0.15, 0.2) is 22.9 Å². The van der Waals surface area contributed by atoms with E-state index in [-0.39, 0.29) is 0 Å². The summed E-state index contributed by atoms with van der Waals surface area (Å²) in [4.78, 5) is 8.83. The molecule has 2 aromatic heterocycles. The van der Waals surface area contributed by atoms with E-state index >= 15 is 0 Å². The first kappa shape index (κ1) is 13.1. The summed E-state index contributed by atoms with van der Waals surface area (Å²) in [6, 6.07) is 3.37. The molecule has 0 amide bonds. The molecular weight excluding hydrogens is 323 g/mol. The van der Waals surface area contributed by atoms with Gasteiger partial charge in [0.05, 0.1) is 10.5 Å². The number of fused-ring (bicyclic) bond motifs is 1. The highest BCUT2D eigenvalue weighted by atomic mass is 35.5. The summed E-state index contributed by atoms with van der Waals surface area (Å²) in [6.07, 6.45) is 0. The van der Waals surface area contributed by atoms with Crippen molar-refractivity contribution in [3.8, 4) is 11.4 Å². The van der Waals surface area contributed by atoms with E-state index in [1.165, 1.54) is 0 Å². The van der Waals surface area contributed by atoms with E-state index in [0.29, 0.717) is 31.9 Å². The molecule has 0 saturated heterocycles. The molecule has 96 valence electrons. The van der Waals surface area contributed by atoms with Gasteiger partial charge in [-0.2, -0.15) is 11.3 Å². The molecule has 0 spiro atoms. The quantitative estimate of drug-likeness (QED) is 0.541. The Kier molecular flexibility index (Phi) is 3.39. The van der Waals surface area contributed by atoms with Gasteiger partial charge >= 0.3 is 0 Å². The SMILES string of the molecule is Cc1cscc1-c1nc(Cl)c2cc(Cl)cc(Cl)c2n1. The van der Waals surface area contributed by atoms with Crippen LogP contribution >= 0.6 is 46.1 Å². The Labute approximate surface area is 129 Å². The maximum absolute atomic E-state index is 6.21. The largest absolute Gasteiger partial charge is 0.226 e. The molecule has 0 aliphatic carbocycles. The van der Waals surface area contributed by atoms with Crippen LogP contribution in [0.4, 0.5) is 0 Å². The number of rotatable bonds is 1. The van der Waals surface area contributed by atoms with Crippen molar-refractivity contribution in [1.29, 1.82) is 0 Å². The highest BCUT2D eigenvalue weighted by Gasteiger charge is 2.13. The number of aryl methyl sites for hydroxylation is 1. The Hall–Kier alpha value is -0.870. The van der Waals surface area contributed by atoms with Crippen molar-refractivity contribution in [3.05, 3.63) is 43.7 Å². The molecule has 2 heterocycles. The lowest BCUT2D eigenvalue weighted by atomic mass is 10.2. The lowest BCUT2D eigenvalue weighted by molar-refractivity contribution is 1.22. The van der Waals surface area contributed by atoms with E-state index in [0.717, 1.165) is 11.1 Å². The minimum absolute atomic E-state index is 0.356. The van der Waals surface area contributed by atoms with Crippen LogP contribution < -0.4 is 0 Å². The van der Waals surface area contributed by atoms with Gasteiger partial charge in [-0.15, -0.1) is 0 Å². The topological polar surface area (TPSA) is 25.8 Å². The summed E-state index contributed by atoms with van der Waals surface area (Å²) >= 11 is 20.0. The van der Waals surface area contributed by atoms with Gasteiger partial charge < -0.3 is 0 Å². The highest BCUT2D eigenvalue weighted by Crippen LogP contribution is 2.33. The van der Waals surface area contributed by atoms with Crippen molar-refractivity contribution in [2.75, 3.05) is 0 Å². The molecule has 0 aliphatic rings. The predicted octanol–water partition coefficient (Wildman–Crippen LogP) is 5.63. The smallest absolute Gasteiger partial charge is 0.162 e. The Balaban J connectivity index is 2.34. The van der Waals surface area contributed by atoms with E-state index in [4.69, 9.17) is 34.8 Å². The molecule has 0 fully saturated rings. The van der Waals surface area contributed by atoms with Gasteiger partial charge in [0.1, 0.15) is 5.15 Å². The average molecular weight is 330 g/mol. The van der Waals surface area contributed by atoms with Crippen LogP contribution in [0.5, 0.6) is 0 Å². The second kappa shape index (κ2) is 4.91. The van der Waals surface area contributed by atoms with E-state index in [1.54, 1.807) is 23.5 Å². The van der Waals surface area contributed by atoms with Crippen molar-refractivity contribution >= 4 is 57.0 Å². The normalized spacial score (nSPS) is 11.2. The number of thiophene rings is 1. The number of hydrogen-bond donors (Lipinski definition) is 0. The second-order valence-corrected chi connectivity index (χ2v) is 6.04. The fraction of sp³-hybridized carbons (Fsp3) is 0.0769. The second-order valence-electron chi connectivity index (χ2n) is 4.09. The summed E-state index contributed by atoms with van der Waals surface area (Å²) in [6.45, 7) is 2.01. The number of halogens is 3. The van der Waals surface area contributed by atoms with E-state index in [9.17, 15) is 0 Å². The van der Waals surface area contributed by atoms with Gasteiger partial charge in [-0.05, 0) is 30.0 Å². The maximum Gasteiger partial charge on any atom is 0.162 e. The van der Waals surface area contributed by atoms with Gasteiger partial charge in [0, 0.05) is 21.4 Å². The molecule has 0 radical (unpaired) electrons. The van der Waals surface area contributed by atoms with Crippen molar-refractivity contribution < 1.29 is 0 Å². The van der Waals surface area contributed by atoms with Gasteiger partial charge in [0.15, 0.2) is 5.82 Å². The first-order valence-electron chi connectivity index (χ1n) is 5.41. The number of aromatic nitrogens is 2. The molecule has 3 aromatic rings. The van der Waals surface area contributed by atoms with Crippen molar-refractivity contribution in [3.63, 3.8) is 0 Å². The molecule has 19 heavy (non-hydrogen) atoms.